The van der Waals surface area contributed by atoms with Crippen LogP contribution in [0.25, 0.3) is 11.3 Å². The number of isocyanates is 1. The molecule has 0 saturated heterocycles. The molecule has 0 radical (unpaired) electrons. The Balaban J connectivity index is 2.19. The van der Waals surface area contributed by atoms with E-state index in [0.29, 0.717) is 0 Å². The Hall–Kier alpha value is -2.39. The molecule has 20 heavy (non-hydrogen) atoms. The number of nitrogens with one attached hydrogen (secondary N) is 2. The van der Waals surface area contributed by atoms with Crippen LogP contribution in [0.3, 0.4) is 0 Å². The molecule has 102 valence electrons. The van der Waals surface area contributed by atoms with Gasteiger partial charge in [0.25, 0.3) is 0 Å². The van der Waals surface area contributed by atoms with Crippen molar-refractivity contribution in [1.29, 1.82) is 0 Å². The fourth-order valence-corrected chi connectivity index (χ4v) is 3.09. The minimum Gasteiger partial charge on any atom is -0.312 e. The summed E-state index contributed by atoms with van der Waals surface area (Å²) in [4.78, 5) is 31.6. The molecule has 1 aliphatic carbocycles. The van der Waals surface area contributed by atoms with Gasteiger partial charge in [-0.25, -0.2) is 9.59 Å². The summed E-state index contributed by atoms with van der Waals surface area (Å²) in [5.74, 6) is 0. The highest BCUT2D eigenvalue weighted by Crippen LogP contribution is 2.45. The van der Waals surface area contributed by atoms with Crippen LogP contribution < -0.4 is 5.69 Å². The number of rotatable bonds is 3. The van der Waals surface area contributed by atoms with E-state index >= 15 is 0 Å². The van der Waals surface area contributed by atoms with Crippen molar-refractivity contribution in [3.8, 4) is 11.3 Å². The molecule has 0 bridgehead atoms. The molecule has 1 aromatic heterocycles. The van der Waals surface area contributed by atoms with Crippen LogP contribution >= 0.6 is 0 Å². The maximum absolute atomic E-state index is 11.3. The Morgan fingerprint density at radius 2 is 1.95 bits per heavy atom. The third-order valence-corrected chi connectivity index (χ3v) is 4.00. The number of aromatic nitrogens is 2. The van der Waals surface area contributed by atoms with Gasteiger partial charge in [-0.3, -0.25) is 0 Å². The fourth-order valence-electron chi connectivity index (χ4n) is 3.09. The van der Waals surface area contributed by atoms with Gasteiger partial charge in [0.15, 0.2) is 0 Å². The molecule has 0 amide bonds. The molecule has 0 atom stereocenters. The number of H-pyrrole nitrogens is 2. The van der Waals surface area contributed by atoms with Gasteiger partial charge in [-0.1, -0.05) is 37.1 Å². The zero-order chi connectivity index (χ0) is 14.0. The molecule has 3 rings (SSSR count). The summed E-state index contributed by atoms with van der Waals surface area (Å²) in [5.41, 5.74) is 1.88. The van der Waals surface area contributed by atoms with E-state index in [4.69, 9.17) is 0 Å². The number of aliphatic imine (C=N–C) groups is 1. The molecule has 2 N–H and O–H groups in total. The van der Waals surface area contributed by atoms with Crippen LogP contribution in [0.2, 0.25) is 0 Å². The number of carbonyl (C=O) groups excluding carboxylic acids is 1. The van der Waals surface area contributed by atoms with Crippen LogP contribution in [0.5, 0.6) is 0 Å². The van der Waals surface area contributed by atoms with Crippen molar-refractivity contribution < 1.29 is 4.79 Å². The topological polar surface area (TPSA) is 78.1 Å². The second-order valence-electron chi connectivity index (χ2n) is 5.14. The van der Waals surface area contributed by atoms with Crippen LogP contribution in [0.4, 0.5) is 0 Å². The van der Waals surface area contributed by atoms with Gasteiger partial charge in [0.2, 0.25) is 6.08 Å². The van der Waals surface area contributed by atoms with Crippen LogP contribution in [-0.4, -0.2) is 16.0 Å². The first kappa shape index (κ1) is 12.6. The van der Waals surface area contributed by atoms with E-state index in [1.807, 2.05) is 24.3 Å². The van der Waals surface area contributed by atoms with Gasteiger partial charge >= 0.3 is 5.69 Å². The lowest BCUT2D eigenvalue weighted by Gasteiger charge is -2.25. The Kier molecular flexibility index (Phi) is 3.12. The third-order valence-electron chi connectivity index (χ3n) is 4.00. The predicted octanol–water partition coefficient (Wildman–Crippen LogP) is 2.48. The average molecular weight is 269 g/mol. The average Bonchev–Trinajstić information content (AvgIpc) is 3.09. The molecule has 0 spiro atoms. The summed E-state index contributed by atoms with van der Waals surface area (Å²) in [6.45, 7) is 0. The second kappa shape index (κ2) is 4.94. The van der Waals surface area contributed by atoms with Crippen LogP contribution in [0, 0.1) is 0 Å². The number of hydrogen-bond acceptors (Lipinski definition) is 3. The first-order chi connectivity index (χ1) is 9.75. The second-order valence-corrected chi connectivity index (χ2v) is 5.14. The molecule has 5 heteroatoms. The lowest BCUT2D eigenvalue weighted by Crippen LogP contribution is -2.20. The molecular weight excluding hydrogens is 254 g/mol. The standard InChI is InChI=1S/C15H15N3O2/c19-10-17-15(7-3-4-8-15)12-6-2-1-5-11(12)13-9-16-14(20)18-13/h1-2,5-6,9H,3-4,7-8H2,(H2,16,18,20). The van der Waals surface area contributed by atoms with E-state index in [1.54, 1.807) is 12.3 Å². The van der Waals surface area contributed by atoms with Crippen LogP contribution in [-0.2, 0) is 10.3 Å². The molecule has 1 heterocycles. The van der Waals surface area contributed by atoms with Crippen LogP contribution in [0.1, 0.15) is 31.2 Å². The number of hydrogen-bond donors (Lipinski definition) is 2. The minimum absolute atomic E-state index is 0.242. The SMILES string of the molecule is O=C=NC1(c2ccccc2-c2c[nH]c(=O)[nH]2)CCCC1. The van der Waals surface area contributed by atoms with Gasteiger partial charge in [-0.2, -0.15) is 4.99 Å². The third kappa shape index (κ3) is 2.02. The maximum atomic E-state index is 11.3. The largest absolute Gasteiger partial charge is 0.323 e. The number of benzene rings is 1. The Morgan fingerprint density at radius 3 is 2.60 bits per heavy atom. The summed E-state index contributed by atoms with van der Waals surface area (Å²) in [6, 6.07) is 7.77. The zero-order valence-electron chi connectivity index (χ0n) is 11.0. The number of nitrogens with zero attached hydrogens (tertiary/aromatic N) is 1. The number of imidazole rings is 1. The number of aromatic amines is 2. The van der Waals surface area contributed by atoms with Gasteiger partial charge in [0.05, 0.1) is 11.2 Å². The van der Waals surface area contributed by atoms with E-state index in [2.05, 4.69) is 15.0 Å². The monoisotopic (exact) mass is 269 g/mol. The van der Waals surface area contributed by atoms with Gasteiger partial charge < -0.3 is 9.97 Å². The summed E-state index contributed by atoms with van der Waals surface area (Å²) in [5, 5.41) is 0. The summed E-state index contributed by atoms with van der Waals surface area (Å²) in [7, 11) is 0. The fraction of sp³-hybridized carbons (Fsp3) is 0.333. The van der Waals surface area contributed by atoms with Gasteiger partial charge in [0.1, 0.15) is 0 Å². The lowest BCUT2D eigenvalue weighted by atomic mass is 9.85. The molecular formula is C15H15N3O2. The smallest absolute Gasteiger partial charge is 0.312 e. The zero-order valence-corrected chi connectivity index (χ0v) is 11.0. The van der Waals surface area contributed by atoms with Crippen molar-refractivity contribution >= 4 is 6.08 Å². The Bertz CT molecular complexity index is 716. The van der Waals surface area contributed by atoms with E-state index in [-0.39, 0.29) is 5.69 Å². The molecule has 0 aliphatic heterocycles. The molecule has 1 aromatic carbocycles. The minimum atomic E-state index is -0.494. The highest BCUT2D eigenvalue weighted by Gasteiger charge is 2.37. The van der Waals surface area contributed by atoms with Gasteiger partial charge in [-0.05, 0) is 18.4 Å². The van der Waals surface area contributed by atoms with Crippen molar-refractivity contribution in [1.82, 2.24) is 9.97 Å². The van der Waals surface area contributed by atoms with Crippen molar-refractivity contribution in [2.24, 2.45) is 4.99 Å². The molecule has 0 unspecified atom stereocenters. The molecule has 5 nitrogen and oxygen atoms in total. The van der Waals surface area contributed by atoms with Crippen molar-refractivity contribution in [3.05, 3.63) is 46.5 Å². The van der Waals surface area contributed by atoms with Crippen LogP contribution in [0.15, 0.2) is 40.2 Å². The van der Waals surface area contributed by atoms with E-state index in [1.165, 1.54) is 0 Å². The van der Waals surface area contributed by atoms with Gasteiger partial charge in [0, 0.05) is 11.8 Å². The van der Waals surface area contributed by atoms with Gasteiger partial charge in [-0.15, -0.1) is 0 Å². The van der Waals surface area contributed by atoms with Crippen molar-refractivity contribution in [2.45, 2.75) is 31.2 Å². The first-order valence-electron chi connectivity index (χ1n) is 6.72. The Morgan fingerprint density at radius 1 is 1.20 bits per heavy atom. The predicted molar refractivity (Wildman–Crippen MR) is 75.1 cm³/mol. The normalized spacial score (nSPS) is 16.8. The van der Waals surface area contributed by atoms with Crippen molar-refractivity contribution in [3.63, 3.8) is 0 Å². The Labute approximate surface area is 115 Å². The summed E-state index contributed by atoms with van der Waals surface area (Å²) < 4.78 is 0. The summed E-state index contributed by atoms with van der Waals surface area (Å²) in [6.07, 6.45) is 7.15. The van der Waals surface area contributed by atoms with E-state index in [9.17, 15) is 9.59 Å². The first-order valence-corrected chi connectivity index (χ1v) is 6.72. The summed E-state index contributed by atoms with van der Waals surface area (Å²) >= 11 is 0. The molecule has 2 aromatic rings. The quantitative estimate of drug-likeness (QED) is 0.663. The van der Waals surface area contributed by atoms with E-state index < -0.39 is 5.54 Å². The molecule has 1 aliphatic rings. The maximum Gasteiger partial charge on any atom is 0.323 e. The van der Waals surface area contributed by atoms with E-state index in [0.717, 1.165) is 42.5 Å². The lowest BCUT2D eigenvalue weighted by molar-refractivity contribution is 0.457. The highest BCUT2D eigenvalue weighted by atomic mass is 16.1. The molecule has 1 saturated carbocycles. The molecule has 1 fully saturated rings. The highest BCUT2D eigenvalue weighted by molar-refractivity contribution is 5.65. The van der Waals surface area contributed by atoms with Crippen molar-refractivity contribution in [2.75, 3.05) is 0 Å².